The molecular weight excluding hydrogens is 367 g/mol. The predicted molar refractivity (Wildman–Crippen MR) is 75.9 cm³/mol. The fourth-order valence-electron chi connectivity index (χ4n) is 1.31. The highest BCUT2D eigenvalue weighted by atomic mass is 127. The van der Waals surface area contributed by atoms with Crippen LogP contribution in [0.5, 0.6) is 0 Å². The molecule has 0 radical (unpaired) electrons. The van der Waals surface area contributed by atoms with E-state index in [4.69, 9.17) is 0 Å². The monoisotopic (exact) mass is 380 g/mol. The molecule has 1 aromatic carbocycles. The number of rotatable bonds is 4. The highest BCUT2D eigenvalue weighted by Gasteiger charge is 2.11. The van der Waals surface area contributed by atoms with Crippen molar-refractivity contribution in [3.05, 3.63) is 44.0 Å². The summed E-state index contributed by atoms with van der Waals surface area (Å²) in [6.07, 6.45) is 1.21. The van der Waals surface area contributed by atoms with Crippen molar-refractivity contribution in [3.8, 4) is 0 Å². The molecule has 1 rings (SSSR count). The molecule has 3 heteroatoms. The Kier molecular flexibility index (Phi) is 5.29. The summed E-state index contributed by atoms with van der Waals surface area (Å²) in [7, 11) is 0. The quantitative estimate of drug-likeness (QED) is 0.604. The Labute approximate surface area is 113 Å². The van der Waals surface area contributed by atoms with E-state index in [2.05, 4.69) is 45.1 Å². The fraction of sp³-hybridized carbons (Fsp3) is 0.333. The molecule has 1 atom stereocenters. The summed E-state index contributed by atoms with van der Waals surface area (Å²) < 4.78 is 2.11. The molecule has 1 N–H and O–H groups in total. The molecule has 0 aliphatic heterocycles. The smallest absolute Gasteiger partial charge is 0.0803 e. The van der Waals surface area contributed by atoms with Crippen LogP contribution in [-0.2, 0) is 0 Å². The number of aliphatic hydroxyl groups excluding tert-OH is 1. The first kappa shape index (κ1) is 13.2. The standard InChI is InChI=1S/C12H14BrIO/c1-8(2)3-6-12(15)10-7-9(13)4-5-11(10)14/h4-5,7,12,15H,1,3,6H2,2H3. The van der Waals surface area contributed by atoms with Gasteiger partial charge in [0.2, 0.25) is 0 Å². The van der Waals surface area contributed by atoms with Crippen molar-refractivity contribution in [3.63, 3.8) is 0 Å². The van der Waals surface area contributed by atoms with Gasteiger partial charge in [0.15, 0.2) is 0 Å². The Morgan fingerprint density at radius 2 is 2.27 bits per heavy atom. The summed E-state index contributed by atoms with van der Waals surface area (Å²) in [6, 6.07) is 5.96. The van der Waals surface area contributed by atoms with Crippen molar-refractivity contribution < 1.29 is 5.11 Å². The molecule has 0 fully saturated rings. The molecular formula is C12H14BrIO. The number of hydrogen-bond acceptors (Lipinski definition) is 1. The molecule has 0 aliphatic carbocycles. The molecule has 0 bridgehead atoms. The molecule has 0 aliphatic rings. The summed E-state index contributed by atoms with van der Waals surface area (Å²) in [5.41, 5.74) is 2.10. The van der Waals surface area contributed by atoms with Gasteiger partial charge in [0.25, 0.3) is 0 Å². The number of aliphatic hydroxyl groups is 1. The number of halogens is 2. The molecule has 0 aromatic heterocycles. The van der Waals surface area contributed by atoms with Crippen molar-refractivity contribution in [2.24, 2.45) is 0 Å². The predicted octanol–water partition coefficient (Wildman–Crippen LogP) is 4.44. The minimum atomic E-state index is -0.397. The highest BCUT2D eigenvalue weighted by molar-refractivity contribution is 14.1. The summed E-state index contributed by atoms with van der Waals surface area (Å²) in [5, 5.41) is 10.0. The SMILES string of the molecule is C=C(C)CCC(O)c1cc(Br)ccc1I. The zero-order chi connectivity index (χ0) is 11.4. The third kappa shape index (κ3) is 4.25. The van der Waals surface area contributed by atoms with Crippen LogP contribution in [0.15, 0.2) is 34.8 Å². The molecule has 82 valence electrons. The number of hydrogen-bond donors (Lipinski definition) is 1. The van der Waals surface area contributed by atoms with Crippen LogP contribution >= 0.6 is 38.5 Å². The zero-order valence-corrected chi connectivity index (χ0v) is 12.4. The second kappa shape index (κ2) is 6.01. The summed E-state index contributed by atoms with van der Waals surface area (Å²) >= 11 is 5.66. The van der Waals surface area contributed by atoms with Crippen molar-refractivity contribution >= 4 is 38.5 Å². The van der Waals surface area contributed by atoms with Crippen molar-refractivity contribution in [2.75, 3.05) is 0 Å². The van der Waals surface area contributed by atoms with Crippen LogP contribution in [0.25, 0.3) is 0 Å². The van der Waals surface area contributed by atoms with Gasteiger partial charge >= 0.3 is 0 Å². The van der Waals surface area contributed by atoms with Crippen molar-refractivity contribution in [1.29, 1.82) is 0 Å². The molecule has 0 spiro atoms. The molecule has 1 nitrogen and oxygen atoms in total. The second-order valence-electron chi connectivity index (χ2n) is 3.68. The summed E-state index contributed by atoms with van der Waals surface area (Å²) in [4.78, 5) is 0. The van der Waals surface area contributed by atoms with E-state index in [0.717, 1.165) is 32.0 Å². The molecule has 0 heterocycles. The van der Waals surface area contributed by atoms with Gasteiger partial charge in [-0.25, -0.2) is 0 Å². The molecule has 0 amide bonds. The highest BCUT2D eigenvalue weighted by Crippen LogP contribution is 2.27. The van der Waals surface area contributed by atoms with E-state index in [1.165, 1.54) is 0 Å². The topological polar surface area (TPSA) is 20.2 Å². The zero-order valence-electron chi connectivity index (χ0n) is 8.63. The lowest BCUT2D eigenvalue weighted by Crippen LogP contribution is -2.00. The first-order valence-corrected chi connectivity index (χ1v) is 6.65. The van der Waals surface area contributed by atoms with E-state index < -0.39 is 6.10 Å². The summed E-state index contributed by atoms with van der Waals surface area (Å²) in [5.74, 6) is 0. The molecule has 0 saturated heterocycles. The largest absolute Gasteiger partial charge is 0.388 e. The summed E-state index contributed by atoms with van der Waals surface area (Å²) in [6.45, 7) is 5.82. The lowest BCUT2D eigenvalue weighted by molar-refractivity contribution is 0.167. The van der Waals surface area contributed by atoms with Gasteiger partial charge in [-0.15, -0.1) is 6.58 Å². The van der Waals surface area contributed by atoms with Gasteiger partial charge in [-0.2, -0.15) is 0 Å². The Bertz CT molecular complexity index is 363. The lowest BCUT2D eigenvalue weighted by Gasteiger charge is -2.13. The van der Waals surface area contributed by atoms with E-state index in [9.17, 15) is 5.11 Å². The number of allylic oxidation sites excluding steroid dienone is 1. The average Bonchev–Trinajstić information content (AvgIpc) is 2.18. The van der Waals surface area contributed by atoms with Gasteiger partial charge in [0, 0.05) is 8.04 Å². The fourth-order valence-corrected chi connectivity index (χ4v) is 2.38. The van der Waals surface area contributed by atoms with Crippen LogP contribution in [0.1, 0.15) is 31.4 Å². The van der Waals surface area contributed by atoms with Gasteiger partial charge in [-0.1, -0.05) is 21.5 Å². The van der Waals surface area contributed by atoms with E-state index in [1.807, 2.05) is 25.1 Å². The second-order valence-corrected chi connectivity index (χ2v) is 5.76. The van der Waals surface area contributed by atoms with Crippen LogP contribution < -0.4 is 0 Å². The van der Waals surface area contributed by atoms with Crippen LogP contribution in [0.2, 0.25) is 0 Å². The molecule has 1 aromatic rings. The Morgan fingerprint density at radius 1 is 1.60 bits per heavy atom. The first-order valence-electron chi connectivity index (χ1n) is 4.78. The van der Waals surface area contributed by atoms with Crippen LogP contribution in [0.4, 0.5) is 0 Å². The maximum Gasteiger partial charge on any atom is 0.0803 e. The minimum absolute atomic E-state index is 0.397. The Balaban J connectivity index is 2.76. The normalized spacial score (nSPS) is 12.5. The van der Waals surface area contributed by atoms with Gasteiger partial charge in [-0.05, 0) is 66.1 Å². The van der Waals surface area contributed by atoms with E-state index in [1.54, 1.807) is 0 Å². The molecule has 1 unspecified atom stereocenters. The van der Waals surface area contributed by atoms with Gasteiger partial charge in [0.05, 0.1) is 6.10 Å². The van der Waals surface area contributed by atoms with Crippen LogP contribution in [0.3, 0.4) is 0 Å². The Morgan fingerprint density at radius 3 is 2.87 bits per heavy atom. The molecule has 0 saturated carbocycles. The minimum Gasteiger partial charge on any atom is -0.388 e. The van der Waals surface area contributed by atoms with Crippen LogP contribution in [-0.4, -0.2) is 5.11 Å². The van der Waals surface area contributed by atoms with Gasteiger partial charge < -0.3 is 5.11 Å². The van der Waals surface area contributed by atoms with E-state index in [0.29, 0.717) is 0 Å². The van der Waals surface area contributed by atoms with Crippen LogP contribution in [0, 0.1) is 3.57 Å². The maximum atomic E-state index is 10.0. The lowest BCUT2D eigenvalue weighted by atomic mass is 10.0. The first-order chi connectivity index (χ1) is 7.00. The maximum absolute atomic E-state index is 10.0. The average molecular weight is 381 g/mol. The van der Waals surface area contributed by atoms with Gasteiger partial charge in [-0.3, -0.25) is 0 Å². The number of benzene rings is 1. The van der Waals surface area contributed by atoms with Crippen molar-refractivity contribution in [1.82, 2.24) is 0 Å². The van der Waals surface area contributed by atoms with Crippen molar-refractivity contribution in [2.45, 2.75) is 25.9 Å². The van der Waals surface area contributed by atoms with E-state index >= 15 is 0 Å². The Hall–Kier alpha value is 0.130. The molecule has 15 heavy (non-hydrogen) atoms. The third-order valence-corrected chi connectivity index (χ3v) is 3.64. The third-order valence-electron chi connectivity index (χ3n) is 2.16. The van der Waals surface area contributed by atoms with Gasteiger partial charge in [0.1, 0.15) is 0 Å². The van der Waals surface area contributed by atoms with E-state index in [-0.39, 0.29) is 0 Å².